The summed E-state index contributed by atoms with van der Waals surface area (Å²) in [5.74, 6) is -1.97. The molecule has 1 unspecified atom stereocenters. The van der Waals surface area contributed by atoms with E-state index in [1.807, 2.05) is 0 Å². The van der Waals surface area contributed by atoms with Gasteiger partial charge in [-0.1, -0.05) is 18.2 Å². The number of ether oxygens (including phenoxy) is 1. The minimum atomic E-state index is -2.33. The molecule has 4 heteroatoms. The summed E-state index contributed by atoms with van der Waals surface area (Å²) in [6, 6.07) is 8.48. The standard InChI is InChI=1S/C9H11ClO3/c1-7(10)9(11,12)13-8-5-3-2-4-6-8/h2-7,11-12H,1H3. The summed E-state index contributed by atoms with van der Waals surface area (Å²) in [7, 11) is 0. The Hall–Kier alpha value is -0.770. The molecule has 13 heavy (non-hydrogen) atoms. The molecule has 3 nitrogen and oxygen atoms in total. The van der Waals surface area contributed by atoms with Crippen molar-refractivity contribution in [2.75, 3.05) is 0 Å². The molecule has 1 atom stereocenters. The first kappa shape index (κ1) is 10.3. The lowest BCUT2D eigenvalue weighted by Gasteiger charge is -2.24. The van der Waals surface area contributed by atoms with Gasteiger partial charge in [-0.05, 0) is 19.1 Å². The largest absolute Gasteiger partial charge is 0.438 e. The molecule has 0 spiro atoms. The third kappa shape index (κ3) is 2.88. The zero-order chi connectivity index (χ0) is 9.90. The van der Waals surface area contributed by atoms with E-state index in [1.165, 1.54) is 6.92 Å². The number of aliphatic hydroxyl groups is 2. The highest BCUT2D eigenvalue weighted by Crippen LogP contribution is 2.19. The molecule has 1 aromatic carbocycles. The molecule has 0 bridgehead atoms. The molecule has 0 amide bonds. The number of halogens is 1. The summed E-state index contributed by atoms with van der Waals surface area (Å²) in [5, 5.41) is 17.6. The number of alkyl halides is 1. The van der Waals surface area contributed by atoms with Gasteiger partial charge < -0.3 is 14.9 Å². The minimum absolute atomic E-state index is 0.361. The fraction of sp³-hybridized carbons (Fsp3) is 0.333. The summed E-state index contributed by atoms with van der Waals surface area (Å²) < 4.78 is 4.84. The molecule has 0 aliphatic heterocycles. The summed E-state index contributed by atoms with van der Waals surface area (Å²) in [6.45, 7) is 1.44. The summed E-state index contributed by atoms with van der Waals surface area (Å²) >= 11 is 5.49. The van der Waals surface area contributed by atoms with Gasteiger partial charge in [0.1, 0.15) is 11.1 Å². The number of benzene rings is 1. The van der Waals surface area contributed by atoms with E-state index >= 15 is 0 Å². The zero-order valence-electron chi connectivity index (χ0n) is 7.14. The minimum Gasteiger partial charge on any atom is -0.438 e. The van der Waals surface area contributed by atoms with E-state index in [0.717, 1.165) is 0 Å². The molecule has 0 saturated carbocycles. The van der Waals surface area contributed by atoms with Gasteiger partial charge in [-0.25, -0.2) is 0 Å². The van der Waals surface area contributed by atoms with Crippen LogP contribution in [-0.4, -0.2) is 21.6 Å². The van der Waals surface area contributed by atoms with E-state index in [9.17, 15) is 10.2 Å². The number of para-hydroxylation sites is 1. The Morgan fingerprint density at radius 2 is 1.85 bits per heavy atom. The van der Waals surface area contributed by atoms with Gasteiger partial charge in [-0.15, -0.1) is 11.6 Å². The van der Waals surface area contributed by atoms with E-state index in [-0.39, 0.29) is 0 Å². The van der Waals surface area contributed by atoms with Crippen LogP contribution in [0.1, 0.15) is 6.92 Å². The smallest absolute Gasteiger partial charge is 0.339 e. The Labute approximate surface area is 81.5 Å². The highest BCUT2D eigenvalue weighted by atomic mass is 35.5. The van der Waals surface area contributed by atoms with Crippen molar-refractivity contribution in [3.05, 3.63) is 30.3 Å². The van der Waals surface area contributed by atoms with E-state index in [1.54, 1.807) is 30.3 Å². The van der Waals surface area contributed by atoms with Crippen LogP contribution >= 0.6 is 11.6 Å². The first-order valence-electron chi connectivity index (χ1n) is 3.85. The predicted molar refractivity (Wildman–Crippen MR) is 49.6 cm³/mol. The fourth-order valence-electron chi connectivity index (χ4n) is 0.743. The van der Waals surface area contributed by atoms with Gasteiger partial charge in [-0.3, -0.25) is 0 Å². The monoisotopic (exact) mass is 202 g/mol. The summed E-state index contributed by atoms with van der Waals surface area (Å²) in [5.41, 5.74) is 0. The maximum atomic E-state index is 9.25. The molecular weight excluding hydrogens is 192 g/mol. The van der Waals surface area contributed by atoms with E-state index in [4.69, 9.17) is 16.3 Å². The molecule has 72 valence electrons. The first-order valence-corrected chi connectivity index (χ1v) is 4.29. The van der Waals surface area contributed by atoms with E-state index < -0.39 is 11.4 Å². The third-order valence-electron chi connectivity index (χ3n) is 1.53. The fourth-order valence-corrected chi connectivity index (χ4v) is 0.788. The highest BCUT2D eigenvalue weighted by Gasteiger charge is 2.32. The van der Waals surface area contributed by atoms with Crippen LogP contribution in [0.15, 0.2) is 30.3 Å². The molecule has 0 heterocycles. The van der Waals surface area contributed by atoms with E-state index in [0.29, 0.717) is 5.75 Å². The Kier molecular flexibility index (Phi) is 3.14. The van der Waals surface area contributed by atoms with Gasteiger partial charge in [-0.2, -0.15) is 0 Å². The topological polar surface area (TPSA) is 49.7 Å². The maximum absolute atomic E-state index is 9.25. The molecular formula is C9H11ClO3. The van der Waals surface area contributed by atoms with Gasteiger partial charge in [0.15, 0.2) is 0 Å². The van der Waals surface area contributed by atoms with Crippen LogP contribution in [0.2, 0.25) is 0 Å². The summed E-state index contributed by atoms with van der Waals surface area (Å²) in [4.78, 5) is 0. The Morgan fingerprint density at radius 3 is 2.31 bits per heavy atom. The van der Waals surface area contributed by atoms with E-state index in [2.05, 4.69) is 0 Å². The zero-order valence-corrected chi connectivity index (χ0v) is 7.90. The third-order valence-corrected chi connectivity index (χ3v) is 1.81. The Bertz CT molecular complexity index is 259. The van der Waals surface area contributed by atoms with Crippen molar-refractivity contribution in [3.63, 3.8) is 0 Å². The number of hydrogen-bond acceptors (Lipinski definition) is 3. The molecule has 0 aliphatic rings. The van der Waals surface area contributed by atoms with Crippen molar-refractivity contribution >= 4 is 11.6 Å². The van der Waals surface area contributed by atoms with Crippen molar-refractivity contribution in [1.29, 1.82) is 0 Å². The van der Waals surface area contributed by atoms with Gasteiger partial charge >= 0.3 is 5.97 Å². The average Bonchev–Trinajstić information content (AvgIpc) is 2.05. The first-order chi connectivity index (χ1) is 6.02. The van der Waals surface area contributed by atoms with Gasteiger partial charge in [0, 0.05) is 0 Å². The molecule has 0 fully saturated rings. The van der Waals surface area contributed by atoms with Crippen LogP contribution < -0.4 is 4.74 Å². The molecule has 0 aromatic heterocycles. The maximum Gasteiger partial charge on any atom is 0.339 e. The second kappa shape index (κ2) is 3.96. The molecule has 0 radical (unpaired) electrons. The van der Waals surface area contributed by atoms with Crippen molar-refractivity contribution in [3.8, 4) is 5.75 Å². The lowest BCUT2D eigenvalue weighted by Crippen LogP contribution is -2.43. The Morgan fingerprint density at radius 1 is 1.31 bits per heavy atom. The van der Waals surface area contributed by atoms with Crippen LogP contribution in [0.25, 0.3) is 0 Å². The van der Waals surface area contributed by atoms with Crippen molar-refractivity contribution in [2.45, 2.75) is 18.3 Å². The normalized spacial score (nSPS) is 13.8. The van der Waals surface area contributed by atoms with Crippen molar-refractivity contribution in [1.82, 2.24) is 0 Å². The van der Waals surface area contributed by atoms with Crippen LogP contribution in [0.3, 0.4) is 0 Å². The van der Waals surface area contributed by atoms with Crippen LogP contribution in [0.5, 0.6) is 5.75 Å². The lowest BCUT2D eigenvalue weighted by molar-refractivity contribution is -0.289. The lowest BCUT2D eigenvalue weighted by atomic mass is 10.3. The van der Waals surface area contributed by atoms with Crippen LogP contribution in [-0.2, 0) is 0 Å². The highest BCUT2D eigenvalue weighted by molar-refractivity contribution is 6.20. The van der Waals surface area contributed by atoms with Gasteiger partial charge in [0.05, 0.1) is 0 Å². The average molecular weight is 203 g/mol. The molecule has 0 saturated heterocycles. The quantitative estimate of drug-likeness (QED) is 0.575. The van der Waals surface area contributed by atoms with Crippen molar-refractivity contribution < 1.29 is 14.9 Å². The van der Waals surface area contributed by atoms with Gasteiger partial charge in [0.2, 0.25) is 0 Å². The summed E-state index contributed by atoms with van der Waals surface area (Å²) in [6.07, 6.45) is 0. The molecule has 1 aromatic rings. The molecule has 0 aliphatic carbocycles. The Balaban J connectivity index is 2.69. The SMILES string of the molecule is CC(Cl)C(O)(O)Oc1ccccc1. The second-order valence-corrected chi connectivity index (χ2v) is 3.34. The number of hydrogen-bond donors (Lipinski definition) is 2. The number of rotatable bonds is 3. The second-order valence-electron chi connectivity index (χ2n) is 2.69. The molecule has 2 N–H and O–H groups in total. The van der Waals surface area contributed by atoms with Crippen molar-refractivity contribution in [2.24, 2.45) is 0 Å². The predicted octanol–water partition coefficient (Wildman–Crippen LogP) is 1.33. The molecule has 1 rings (SSSR count). The van der Waals surface area contributed by atoms with Gasteiger partial charge in [0.25, 0.3) is 0 Å². The van der Waals surface area contributed by atoms with Crippen LogP contribution in [0, 0.1) is 0 Å². The van der Waals surface area contributed by atoms with Crippen LogP contribution in [0.4, 0.5) is 0 Å².